The van der Waals surface area contributed by atoms with Crippen LogP contribution in [-0.2, 0) is 15.9 Å². The van der Waals surface area contributed by atoms with Crippen LogP contribution in [0.3, 0.4) is 0 Å². The molecule has 0 bridgehead atoms. The summed E-state index contributed by atoms with van der Waals surface area (Å²) in [6, 6.07) is 10.1. The Hall–Kier alpha value is -1.95. The van der Waals surface area contributed by atoms with Crippen molar-refractivity contribution in [3.8, 4) is 11.8 Å². The Kier molecular flexibility index (Phi) is 7.98. The van der Waals surface area contributed by atoms with Gasteiger partial charge >= 0.3 is 6.16 Å². The zero-order valence-electron chi connectivity index (χ0n) is 12.2. The Balaban J connectivity index is 2.52. The van der Waals surface area contributed by atoms with Crippen molar-refractivity contribution in [2.45, 2.75) is 45.1 Å². The number of aryl methyl sites for hydroxylation is 1. The van der Waals surface area contributed by atoms with E-state index in [1.54, 1.807) is 0 Å². The third-order valence-corrected chi connectivity index (χ3v) is 2.86. The Morgan fingerprint density at radius 1 is 1.30 bits per heavy atom. The van der Waals surface area contributed by atoms with Gasteiger partial charge in [0.05, 0.1) is 7.11 Å². The standard InChI is InChI=1S/C17H22O3/c1-3-4-5-9-12-16(20-17(18)19-2)14-13-15-10-7-6-8-11-15/h6-8,10-11,16H,3-5,13-14H2,1-2H3/t16-/m1/s1. The fourth-order valence-electron chi connectivity index (χ4n) is 1.72. The molecule has 1 aromatic rings. The first kappa shape index (κ1) is 16.1. The van der Waals surface area contributed by atoms with E-state index in [0.29, 0.717) is 6.42 Å². The van der Waals surface area contributed by atoms with E-state index in [2.05, 4.69) is 35.6 Å². The Morgan fingerprint density at radius 2 is 2.05 bits per heavy atom. The van der Waals surface area contributed by atoms with Gasteiger partial charge in [-0.25, -0.2) is 4.79 Å². The minimum atomic E-state index is -0.673. The first-order valence-corrected chi connectivity index (χ1v) is 7.03. The largest absolute Gasteiger partial charge is 0.509 e. The summed E-state index contributed by atoms with van der Waals surface area (Å²) in [5.41, 5.74) is 1.21. The quantitative estimate of drug-likeness (QED) is 0.447. The van der Waals surface area contributed by atoms with E-state index in [1.165, 1.54) is 12.7 Å². The van der Waals surface area contributed by atoms with Crippen LogP contribution in [0.5, 0.6) is 0 Å². The number of carbonyl (C=O) groups excluding carboxylic acids is 1. The lowest BCUT2D eigenvalue weighted by atomic mass is 10.1. The normalized spacial score (nSPS) is 11.1. The van der Waals surface area contributed by atoms with Gasteiger partial charge in [-0.1, -0.05) is 55.5 Å². The number of ether oxygens (including phenoxy) is 2. The lowest BCUT2D eigenvalue weighted by Gasteiger charge is -2.11. The van der Waals surface area contributed by atoms with Gasteiger partial charge in [0.1, 0.15) is 0 Å². The molecule has 0 amide bonds. The van der Waals surface area contributed by atoms with Crippen LogP contribution in [0.15, 0.2) is 30.3 Å². The molecule has 108 valence electrons. The predicted molar refractivity (Wildman–Crippen MR) is 79.3 cm³/mol. The van der Waals surface area contributed by atoms with Crippen molar-refractivity contribution in [1.29, 1.82) is 0 Å². The van der Waals surface area contributed by atoms with E-state index in [4.69, 9.17) is 4.74 Å². The first-order valence-electron chi connectivity index (χ1n) is 7.03. The molecule has 3 heteroatoms. The van der Waals surface area contributed by atoms with E-state index in [1.807, 2.05) is 18.2 Å². The molecular weight excluding hydrogens is 252 g/mol. The van der Waals surface area contributed by atoms with Gasteiger partial charge < -0.3 is 9.47 Å². The molecular formula is C17H22O3. The first-order chi connectivity index (χ1) is 9.76. The molecule has 20 heavy (non-hydrogen) atoms. The minimum Gasteiger partial charge on any atom is -0.438 e. The second-order valence-electron chi connectivity index (χ2n) is 4.51. The maximum atomic E-state index is 11.2. The van der Waals surface area contributed by atoms with Crippen LogP contribution in [-0.4, -0.2) is 19.4 Å². The zero-order chi connectivity index (χ0) is 14.6. The van der Waals surface area contributed by atoms with Crippen LogP contribution in [0, 0.1) is 11.8 Å². The Bertz CT molecular complexity index is 442. The van der Waals surface area contributed by atoms with Gasteiger partial charge in [0.25, 0.3) is 0 Å². The number of unbranched alkanes of at least 4 members (excludes halogenated alkanes) is 2. The van der Waals surface area contributed by atoms with Crippen LogP contribution < -0.4 is 0 Å². The van der Waals surface area contributed by atoms with Crippen molar-refractivity contribution in [3.05, 3.63) is 35.9 Å². The lowest BCUT2D eigenvalue weighted by molar-refractivity contribution is 0.0529. The van der Waals surface area contributed by atoms with Crippen LogP contribution >= 0.6 is 0 Å². The van der Waals surface area contributed by atoms with Gasteiger partial charge in [-0.2, -0.15) is 0 Å². The van der Waals surface area contributed by atoms with Crippen molar-refractivity contribution in [2.75, 3.05) is 7.11 Å². The average molecular weight is 274 g/mol. The second-order valence-corrected chi connectivity index (χ2v) is 4.51. The van der Waals surface area contributed by atoms with E-state index in [-0.39, 0.29) is 0 Å². The fourth-order valence-corrected chi connectivity index (χ4v) is 1.72. The van der Waals surface area contributed by atoms with Crippen molar-refractivity contribution < 1.29 is 14.3 Å². The molecule has 0 spiro atoms. The van der Waals surface area contributed by atoms with Crippen LogP contribution in [0.2, 0.25) is 0 Å². The molecule has 0 aliphatic carbocycles. The number of carbonyl (C=O) groups is 1. The van der Waals surface area contributed by atoms with Crippen LogP contribution in [0.1, 0.15) is 38.2 Å². The van der Waals surface area contributed by atoms with E-state index >= 15 is 0 Å². The van der Waals surface area contributed by atoms with E-state index in [0.717, 1.165) is 25.7 Å². The summed E-state index contributed by atoms with van der Waals surface area (Å²) in [6.07, 6.45) is 3.44. The zero-order valence-corrected chi connectivity index (χ0v) is 12.2. The van der Waals surface area contributed by atoms with E-state index < -0.39 is 12.3 Å². The van der Waals surface area contributed by atoms with Crippen molar-refractivity contribution in [3.63, 3.8) is 0 Å². The van der Waals surface area contributed by atoms with Crippen molar-refractivity contribution >= 4 is 6.16 Å². The summed E-state index contributed by atoms with van der Waals surface area (Å²) in [6.45, 7) is 2.12. The number of hydrogen-bond donors (Lipinski definition) is 0. The molecule has 1 aromatic carbocycles. The molecule has 3 nitrogen and oxygen atoms in total. The lowest BCUT2D eigenvalue weighted by Crippen LogP contribution is -2.17. The monoisotopic (exact) mass is 274 g/mol. The van der Waals surface area contributed by atoms with Crippen LogP contribution in [0.25, 0.3) is 0 Å². The summed E-state index contributed by atoms with van der Waals surface area (Å²) in [5, 5.41) is 0. The molecule has 0 aromatic heterocycles. The minimum absolute atomic E-state index is 0.403. The number of rotatable bonds is 6. The molecule has 0 saturated heterocycles. The molecule has 1 rings (SSSR count). The van der Waals surface area contributed by atoms with Gasteiger partial charge in [-0.05, 0) is 18.4 Å². The summed E-state index contributed by atoms with van der Waals surface area (Å²) in [5.74, 6) is 6.09. The fraction of sp³-hybridized carbons (Fsp3) is 0.471. The highest BCUT2D eigenvalue weighted by Crippen LogP contribution is 2.08. The molecule has 0 N–H and O–H groups in total. The third kappa shape index (κ3) is 6.84. The molecule has 0 aliphatic rings. The molecule has 0 fully saturated rings. The molecule has 1 atom stereocenters. The van der Waals surface area contributed by atoms with Gasteiger partial charge in [-0.3, -0.25) is 0 Å². The Morgan fingerprint density at radius 3 is 2.70 bits per heavy atom. The summed E-state index contributed by atoms with van der Waals surface area (Å²) in [4.78, 5) is 11.2. The number of methoxy groups -OCH3 is 1. The average Bonchev–Trinajstić information content (AvgIpc) is 2.49. The molecule has 0 heterocycles. The van der Waals surface area contributed by atoms with E-state index in [9.17, 15) is 4.79 Å². The van der Waals surface area contributed by atoms with Crippen molar-refractivity contribution in [2.24, 2.45) is 0 Å². The highest BCUT2D eigenvalue weighted by molar-refractivity contribution is 5.60. The van der Waals surface area contributed by atoms with Gasteiger partial charge in [-0.15, -0.1) is 0 Å². The number of benzene rings is 1. The topological polar surface area (TPSA) is 35.5 Å². The van der Waals surface area contributed by atoms with Gasteiger partial charge in [0, 0.05) is 12.8 Å². The molecule has 0 unspecified atom stereocenters. The third-order valence-electron chi connectivity index (χ3n) is 2.86. The highest BCUT2D eigenvalue weighted by Gasteiger charge is 2.12. The SMILES string of the molecule is CCCCC#C[C@H](CCc1ccccc1)OC(=O)OC. The number of hydrogen-bond acceptors (Lipinski definition) is 3. The maximum Gasteiger partial charge on any atom is 0.509 e. The molecule has 0 radical (unpaired) electrons. The van der Waals surface area contributed by atoms with Gasteiger partial charge in [0.15, 0.2) is 6.10 Å². The summed E-state index contributed by atoms with van der Waals surface area (Å²) >= 11 is 0. The predicted octanol–water partition coefficient (Wildman–Crippen LogP) is 3.96. The maximum absolute atomic E-state index is 11.2. The Labute approximate surface area is 121 Å². The smallest absolute Gasteiger partial charge is 0.438 e. The summed E-state index contributed by atoms with van der Waals surface area (Å²) in [7, 11) is 1.31. The molecule has 0 saturated carbocycles. The van der Waals surface area contributed by atoms with Crippen molar-refractivity contribution in [1.82, 2.24) is 0 Å². The summed E-state index contributed by atoms with van der Waals surface area (Å²) < 4.78 is 9.70. The second kappa shape index (κ2) is 9.91. The van der Waals surface area contributed by atoms with Crippen LogP contribution in [0.4, 0.5) is 4.79 Å². The molecule has 0 aliphatic heterocycles. The highest BCUT2D eigenvalue weighted by atomic mass is 16.7. The van der Waals surface area contributed by atoms with Gasteiger partial charge in [0.2, 0.25) is 0 Å².